The zero-order valence-electron chi connectivity index (χ0n) is 9.13. The Kier molecular flexibility index (Phi) is 7.08. The first-order valence-corrected chi connectivity index (χ1v) is 6.44. The van der Waals surface area contributed by atoms with Crippen LogP contribution in [0.4, 0.5) is 0 Å². The molecule has 0 amide bonds. The molecule has 0 saturated carbocycles. The van der Waals surface area contributed by atoms with Gasteiger partial charge in [0.25, 0.3) is 10.2 Å². The zero-order valence-corrected chi connectivity index (χ0v) is 9.95. The molecule has 0 spiro atoms. The van der Waals surface area contributed by atoms with Crippen LogP contribution in [-0.2, 0) is 10.2 Å². The van der Waals surface area contributed by atoms with Gasteiger partial charge in [-0.3, -0.25) is 0 Å². The summed E-state index contributed by atoms with van der Waals surface area (Å²) < 4.78 is 27.2. The molecule has 0 aliphatic carbocycles. The summed E-state index contributed by atoms with van der Waals surface area (Å²) in [6.07, 6.45) is 0.797. The molecule has 3 N–H and O–H groups in total. The van der Waals surface area contributed by atoms with Gasteiger partial charge < -0.3 is 5.32 Å². The van der Waals surface area contributed by atoms with E-state index in [2.05, 4.69) is 14.8 Å². The monoisotopic (exact) mass is 223 g/mol. The Hall–Kier alpha value is -0.170. The molecule has 5 nitrogen and oxygen atoms in total. The highest BCUT2D eigenvalue weighted by atomic mass is 32.2. The molecule has 0 unspecified atom stereocenters. The van der Waals surface area contributed by atoms with E-state index >= 15 is 0 Å². The fourth-order valence-electron chi connectivity index (χ4n) is 0.834. The van der Waals surface area contributed by atoms with Crippen molar-refractivity contribution in [3.05, 3.63) is 0 Å². The van der Waals surface area contributed by atoms with Crippen molar-refractivity contribution in [2.24, 2.45) is 0 Å². The minimum Gasteiger partial charge on any atom is -0.313 e. The number of rotatable bonds is 8. The Morgan fingerprint density at radius 1 is 1.07 bits per heavy atom. The highest BCUT2D eigenvalue weighted by molar-refractivity contribution is 7.87. The van der Waals surface area contributed by atoms with Gasteiger partial charge in [0.05, 0.1) is 0 Å². The molecule has 0 aliphatic rings. The minimum absolute atomic E-state index is 0.378. The summed E-state index contributed by atoms with van der Waals surface area (Å²) in [5.74, 6) is 0. The van der Waals surface area contributed by atoms with Crippen LogP contribution in [0.3, 0.4) is 0 Å². The molecular formula is C8H21N3O2S. The zero-order chi connectivity index (χ0) is 11.0. The Labute approximate surface area is 86.8 Å². The highest BCUT2D eigenvalue weighted by Crippen LogP contribution is 1.79. The van der Waals surface area contributed by atoms with Crippen LogP contribution in [0.1, 0.15) is 27.2 Å². The molecule has 0 radical (unpaired) electrons. The molecule has 0 saturated heterocycles. The molecule has 0 bridgehead atoms. The third kappa shape index (κ3) is 8.43. The predicted molar refractivity (Wildman–Crippen MR) is 58.4 cm³/mol. The quantitative estimate of drug-likeness (QED) is 0.500. The third-order valence-electron chi connectivity index (χ3n) is 1.51. The van der Waals surface area contributed by atoms with Crippen LogP contribution in [0.15, 0.2) is 0 Å². The van der Waals surface area contributed by atoms with Crippen molar-refractivity contribution in [3.63, 3.8) is 0 Å². The van der Waals surface area contributed by atoms with E-state index in [1.165, 1.54) is 0 Å². The second kappa shape index (κ2) is 7.17. The molecule has 0 aliphatic heterocycles. The van der Waals surface area contributed by atoms with Crippen molar-refractivity contribution in [1.29, 1.82) is 0 Å². The summed E-state index contributed by atoms with van der Waals surface area (Å²) in [6, 6.07) is 0.378. The van der Waals surface area contributed by atoms with E-state index in [1.54, 1.807) is 0 Å². The molecule has 0 aromatic rings. The van der Waals surface area contributed by atoms with E-state index in [-0.39, 0.29) is 0 Å². The first-order valence-electron chi connectivity index (χ1n) is 4.95. The van der Waals surface area contributed by atoms with Crippen molar-refractivity contribution >= 4 is 10.2 Å². The van der Waals surface area contributed by atoms with E-state index in [1.807, 2.05) is 20.8 Å². The molecule has 0 heterocycles. The Morgan fingerprint density at radius 3 is 2.14 bits per heavy atom. The van der Waals surface area contributed by atoms with Crippen molar-refractivity contribution in [1.82, 2.24) is 14.8 Å². The fraction of sp³-hybridized carbons (Fsp3) is 1.00. The maximum atomic E-state index is 11.2. The van der Waals surface area contributed by atoms with Gasteiger partial charge in [-0.1, -0.05) is 20.8 Å². The largest absolute Gasteiger partial charge is 0.313 e. The highest BCUT2D eigenvalue weighted by Gasteiger charge is 2.06. The second-order valence-electron chi connectivity index (χ2n) is 3.40. The lowest BCUT2D eigenvalue weighted by Crippen LogP contribution is -2.41. The van der Waals surface area contributed by atoms with Crippen LogP contribution in [0.25, 0.3) is 0 Å². The maximum Gasteiger partial charge on any atom is 0.276 e. The van der Waals surface area contributed by atoms with Crippen LogP contribution < -0.4 is 14.8 Å². The van der Waals surface area contributed by atoms with Gasteiger partial charge >= 0.3 is 0 Å². The number of nitrogens with one attached hydrogen (secondary N) is 3. The van der Waals surface area contributed by atoms with Crippen LogP contribution in [-0.4, -0.2) is 34.1 Å². The van der Waals surface area contributed by atoms with Gasteiger partial charge in [0.2, 0.25) is 0 Å². The van der Waals surface area contributed by atoms with Gasteiger partial charge in [0.15, 0.2) is 0 Å². The van der Waals surface area contributed by atoms with E-state index < -0.39 is 10.2 Å². The van der Waals surface area contributed by atoms with Crippen LogP contribution >= 0.6 is 0 Å². The smallest absolute Gasteiger partial charge is 0.276 e. The second-order valence-corrected chi connectivity index (χ2v) is 4.99. The fourth-order valence-corrected chi connectivity index (χ4v) is 1.78. The lowest BCUT2D eigenvalue weighted by molar-refractivity contribution is 0.549. The van der Waals surface area contributed by atoms with Crippen LogP contribution in [0.2, 0.25) is 0 Å². The van der Waals surface area contributed by atoms with E-state index in [0.29, 0.717) is 25.7 Å². The summed E-state index contributed by atoms with van der Waals surface area (Å²) in [6.45, 7) is 7.49. The Morgan fingerprint density at radius 2 is 1.64 bits per heavy atom. The average molecular weight is 223 g/mol. The summed E-state index contributed by atoms with van der Waals surface area (Å²) >= 11 is 0. The minimum atomic E-state index is -3.28. The van der Waals surface area contributed by atoms with E-state index in [0.717, 1.165) is 6.42 Å². The molecule has 0 rings (SSSR count). The predicted octanol–water partition coefficient (Wildman–Crippen LogP) is -0.182. The molecule has 0 aromatic carbocycles. The van der Waals surface area contributed by atoms with Crippen LogP contribution in [0.5, 0.6) is 0 Å². The maximum absolute atomic E-state index is 11.2. The standard InChI is InChI=1S/C8H21N3O2S/c1-4-5-10-14(12,13)11-7-6-9-8(2)3/h8-11H,4-7H2,1-3H3. The van der Waals surface area contributed by atoms with Gasteiger partial charge in [0, 0.05) is 25.7 Å². The van der Waals surface area contributed by atoms with Gasteiger partial charge in [-0.05, 0) is 6.42 Å². The van der Waals surface area contributed by atoms with Gasteiger partial charge in [-0.25, -0.2) is 9.44 Å². The number of hydrogen-bond acceptors (Lipinski definition) is 3. The summed E-state index contributed by atoms with van der Waals surface area (Å²) in [4.78, 5) is 0. The molecule has 0 atom stereocenters. The Bertz CT molecular complexity index is 227. The van der Waals surface area contributed by atoms with Gasteiger partial charge in [-0.15, -0.1) is 0 Å². The summed E-state index contributed by atoms with van der Waals surface area (Å²) in [7, 11) is -3.28. The molecule has 86 valence electrons. The molecule has 0 fully saturated rings. The average Bonchev–Trinajstić information content (AvgIpc) is 2.09. The first kappa shape index (κ1) is 13.8. The van der Waals surface area contributed by atoms with Crippen LogP contribution in [0, 0.1) is 0 Å². The van der Waals surface area contributed by atoms with E-state index in [9.17, 15) is 8.42 Å². The topological polar surface area (TPSA) is 70.2 Å². The van der Waals surface area contributed by atoms with Crippen molar-refractivity contribution < 1.29 is 8.42 Å². The Balaban J connectivity index is 3.56. The van der Waals surface area contributed by atoms with Gasteiger partial charge in [0.1, 0.15) is 0 Å². The normalized spacial score (nSPS) is 12.3. The lowest BCUT2D eigenvalue weighted by Gasteiger charge is -2.09. The molecule has 14 heavy (non-hydrogen) atoms. The van der Waals surface area contributed by atoms with Crippen molar-refractivity contribution in [2.45, 2.75) is 33.2 Å². The summed E-state index contributed by atoms with van der Waals surface area (Å²) in [5, 5.41) is 3.12. The summed E-state index contributed by atoms with van der Waals surface area (Å²) in [5.41, 5.74) is 0. The first-order chi connectivity index (χ1) is 6.48. The molecule has 6 heteroatoms. The SMILES string of the molecule is CCCNS(=O)(=O)NCCNC(C)C. The molecule has 0 aromatic heterocycles. The number of hydrogen-bond donors (Lipinski definition) is 3. The lowest BCUT2D eigenvalue weighted by atomic mass is 10.4. The van der Waals surface area contributed by atoms with E-state index in [4.69, 9.17) is 0 Å². The third-order valence-corrected chi connectivity index (χ3v) is 2.68. The van der Waals surface area contributed by atoms with Gasteiger partial charge in [-0.2, -0.15) is 8.42 Å². The molecular weight excluding hydrogens is 202 g/mol. The van der Waals surface area contributed by atoms with Crippen molar-refractivity contribution in [2.75, 3.05) is 19.6 Å². The van der Waals surface area contributed by atoms with Crippen molar-refractivity contribution in [3.8, 4) is 0 Å².